The van der Waals surface area contributed by atoms with Crippen LogP contribution in [0, 0.1) is 13.8 Å². The van der Waals surface area contributed by atoms with Gasteiger partial charge in [-0.1, -0.05) is 6.07 Å². The van der Waals surface area contributed by atoms with Gasteiger partial charge < -0.3 is 9.15 Å². The zero-order chi connectivity index (χ0) is 15.6. The van der Waals surface area contributed by atoms with Crippen molar-refractivity contribution in [2.75, 3.05) is 7.11 Å². The van der Waals surface area contributed by atoms with Gasteiger partial charge >= 0.3 is 0 Å². The minimum atomic E-state index is -4.04. The SMILES string of the molecule is COc1c(C)cc(C)cc1S(=O)(=O)NC(=O)c1ccoc1. The maximum atomic E-state index is 12.4. The zero-order valence-electron chi connectivity index (χ0n) is 11.8. The molecule has 0 aliphatic carbocycles. The summed E-state index contributed by atoms with van der Waals surface area (Å²) in [5, 5.41) is 0. The first-order valence-corrected chi connectivity index (χ1v) is 7.58. The lowest BCUT2D eigenvalue weighted by Crippen LogP contribution is -2.30. The fourth-order valence-corrected chi connectivity index (χ4v) is 3.31. The molecule has 21 heavy (non-hydrogen) atoms. The molecule has 0 aliphatic heterocycles. The van der Waals surface area contributed by atoms with Crippen LogP contribution in [0.15, 0.2) is 40.0 Å². The Morgan fingerprint density at radius 3 is 2.57 bits per heavy atom. The first-order valence-electron chi connectivity index (χ1n) is 6.09. The molecular formula is C14H15NO5S. The highest BCUT2D eigenvalue weighted by Gasteiger charge is 2.24. The van der Waals surface area contributed by atoms with Gasteiger partial charge in [0.25, 0.3) is 15.9 Å². The summed E-state index contributed by atoms with van der Waals surface area (Å²) in [6.45, 7) is 3.51. The van der Waals surface area contributed by atoms with Crippen molar-refractivity contribution in [3.05, 3.63) is 47.4 Å². The molecule has 1 aromatic carbocycles. The van der Waals surface area contributed by atoms with Gasteiger partial charge in [0.15, 0.2) is 0 Å². The molecule has 0 unspecified atom stereocenters. The number of carbonyl (C=O) groups excluding carboxylic acids is 1. The number of nitrogens with one attached hydrogen (secondary N) is 1. The number of carbonyl (C=O) groups is 1. The molecule has 1 N–H and O–H groups in total. The molecule has 2 aromatic rings. The summed E-state index contributed by atoms with van der Waals surface area (Å²) in [6.07, 6.45) is 2.46. The van der Waals surface area contributed by atoms with Gasteiger partial charge in [0.1, 0.15) is 16.9 Å². The molecule has 0 saturated heterocycles. The van der Waals surface area contributed by atoms with Gasteiger partial charge in [-0.15, -0.1) is 0 Å². The van der Waals surface area contributed by atoms with Crippen LogP contribution in [-0.4, -0.2) is 21.4 Å². The van der Waals surface area contributed by atoms with Crippen molar-refractivity contribution < 1.29 is 22.4 Å². The van der Waals surface area contributed by atoms with Crippen LogP contribution in [0.5, 0.6) is 5.75 Å². The van der Waals surface area contributed by atoms with E-state index in [-0.39, 0.29) is 16.2 Å². The van der Waals surface area contributed by atoms with Crippen LogP contribution in [0.4, 0.5) is 0 Å². The summed E-state index contributed by atoms with van der Waals surface area (Å²) in [7, 11) is -2.66. The Kier molecular flexibility index (Phi) is 4.04. The summed E-state index contributed by atoms with van der Waals surface area (Å²) in [4.78, 5) is 11.8. The van der Waals surface area contributed by atoms with Crippen LogP contribution in [0.2, 0.25) is 0 Å². The molecular weight excluding hydrogens is 294 g/mol. The van der Waals surface area contributed by atoms with Crippen molar-refractivity contribution in [2.24, 2.45) is 0 Å². The number of methoxy groups -OCH3 is 1. The van der Waals surface area contributed by atoms with Crippen molar-refractivity contribution in [1.82, 2.24) is 4.72 Å². The van der Waals surface area contributed by atoms with Gasteiger partial charge in [0.05, 0.1) is 18.9 Å². The number of rotatable bonds is 4. The molecule has 0 atom stereocenters. The molecule has 2 rings (SSSR count). The second-order valence-corrected chi connectivity index (χ2v) is 6.21. The Morgan fingerprint density at radius 2 is 2.00 bits per heavy atom. The van der Waals surface area contributed by atoms with Gasteiger partial charge in [0, 0.05) is 0 Å². The lowest BCUT2D eigenvalue weighted by Gasteiger charge is -2.13. The number of amides is 1. The molecule has 6 nitrogen and oxygen atoms in total. The number of hydrogen-bond acceptors (Lipinski definition) is 5. The molecule has 0 spiro atoms. The van der Waals surface area contributed by atoms with Crippen molar-refractivity contribution in [2.45, 2.75) is 18.7 Å². The van der Waals surface area contributed by atoms with Crippen LogP contribution in [0.1, 0.15) is 21.5 Å². The highest BCUT2D eigenvalue weighted by Crippen LogP contribution is 2.29. The van der Waals surface area contributed by atoms with Crippen LogP contribution in [-0.2, 0) is 10.0 Å². The van der Waals surface area contributed by atoms with Crippen LogP contribution in [0.3, 0.4) is 0 Å². The second-order valence-electron chi connectivity index (χ2n) is 4.56. The molecule has 112 valence electrons. The number of hydrogen-bond donors (Lipinski definition) is 1. The molecule has 0 bridgehead atoms. The molecule has 0 radical (unpaired) electrons. The zero-order valence-corrected chi connectivity index (χ0v) is 12.7. The number of sulfonamides is 1. The maximum Gasteiger partial charge on any atom is 0.268 e. The summed E-state index contributed by atoms with van der Waals surface area (Å²) in [5.74, 6) is -0.543. The number of benzene rings is 1. The second kappa shape index (κ2) is 5.61. The first kappa shape index (κ1) is 15.1. The molecule has 0 aliphatic rings. The maximum absolute atomic E-state index is 12.4. The summed E-state index contributed by atoms with van der Waals surface area (Å²) in [6, 6.07) is 4.64. The largest absolute Gasteiger partial charge is 0.495 e. The van der Waals surface area contributed by atoms with E-state index in [2.05, 4.69) is 0 Å². The smallest absolute Gasteiger partial charge is 0.268 e. The molecule has 0 saturated carbocycles. The summed E-state index contributed by atoms with van der Waals surface area (Å²) in [5.41, 5.74) is 1.56. The standard InChI is InChI=1S/C14H15NO5S/c1-9-6-10(2)13(19-3)12(7-9)21(17,18)15-14(16)11-4-5-20-8-11/h4-8H,1-3H3,(H,15,16). The monoisotopic (exact) mass is 309 g/mol. The van der Waals surface area contributed by atoms with E-state index < -0.39 is 15.9 Å². The Hall–Kier alpha value is -2.28. The van der Waals surface area contributed by atoms with Crippen molar-refractivity contribution in [1.29, 1.82) is 0 Å². The Bertz CT molecular complexity index is 763. The Balaban J connectivity index is 2.43. The lowest BCUT2D eigenvalue weighted by atomic mass is 10.1. The van der Waals surface area contributed by atoms with Gasteiger partial charge in [-0.05, 0) is 37.1 Å². The molecule has 1 aromatic heterocycles. The fourth-order valence-electron chi connectivity index (χ4n) is 2.01. The minimum absolute atomic E-state index is 0.0701. The van der Waals surface area contributed by atoms with Crippen LogP contribution >= 0.6 is 0 Å². The predicted octanol–water partition coefficient (Wildman–Crippen LogP) is 2.02. The average Bonchev–Trinajstić information content (AvgIpc) is 2.91. The highest BCUT2D eigenvalue weighted by molar-refractivity contribution is 7.90. The topological polar surface area (TPSA) is 85.6 Å². The van der Waals surface area contributed by atoms with E-state index in [0.29, 0.717) is 5.56 Å². The van der Waals surface area contributed by atoms with Crippen molar-refractivity contribution in [3.63, 3.8) is 0 Å². The quantitative estimate of drug-likeness (QED) is 0.934. The van der Waals surface area contributed by atoms with E-state index in [0.717, 1.165) is 5.56 Å². The molecule has 0 fully saturated rings. The van der Waals surface area contributed by atoms with Gasteiger partial charge in [0.2, 0.25) is 0 Å². The first-order chi connectivity index (χ1) is 9.85. The minimum Gasteiger partial charge on any atom is -0.495 e. The Labute approximate surface area is 122 Å². The van der Waals surface area contributed by atoms with E-state index >= 15 is 0 Å². The van der Waals surface area contributed by atoms with Gasteiger partial charge in [-0.25, -0.2) is 13.1 Å². The Morgan fingerprint density at radius 1 is 1.29 bits per heavy atom. The van der Waals surface area contributed by atoms with E-state index in [9.17, 15) is 13.2 Å². The number of ether oxygens (including phenoxy) is 1. The molecule has 1 heterocycles. The van der Waals surface area contributed by atoms with Crippen LogP contribution in [0.25, 0.3) is 0 Å². The van der Waals surface area contributed by atoms with Crippen molar-refractivity contribution >= 4 is 15.9 Å². The van der Waals surface area contributed by atoms with E-state index in [1.54, 1.807) is 19.9 Å². The van der Waals surface area contributed by atoms with Crippen LogP contribution < -0.4 is 9.46 Å². The van der Waals surface area contributed by atoms with Gasteiger partial charge in [-0.2, -0.15) is 0 Å². The van der Waals surface area contributed by atoms with Gasteiger partial charge in [-0.3, -0.25) is 4.79 Å². The fraction of sp³-hybridized carbons (Fsp3) is 0.214. The molecule has 1 amide bonds. The average molecular weight is 309 g/mol. The summed E-state index contributed by atoms with van der Waals surface area (Å²) >= 11 is 0. The normalized spacial score (nSPS) is 11.2. The van der Waals surface area contributed by atoms with Crippen molar-refractivity contribution in [3.8, 4) is 5.75 Å². The number of aryl methyl sites for hydroxylation is 2. The predicted molar refractivity (Wildman–Crippen MR) is 75.8 cm³/mol. The molecule has 7 heteroatoms. The lowest BCUT2D eigenvalue weighted by molar-refractivity contribution is 0.0981. The van der Waals surface area contributed by atoms with E-state index in [1.165, 1.54) is 31.8 Å². The highest BCUT2D eigenvalue weighted by atomic mass is 32.2. The van der Waals surface area contributed by atoms with E-state index in [1.807, 2.05) is 4.72 Å². The third-order valence-corrected chi connectivity index (χ3v) is 4.23. The third kappa shape index (κ3) is 3.08. The third-order valence-electron chi connectivity index (χ3n) is 2.89. The summed E-state index contributed by atoms with van der Waals surface area (Å²) < 4.78 is 36.7. The number of furan rings is 1. The van der Waals surface area contributed by atoms with E-state index in [4.69, 9.17) is 9.15 Å².